The Hall–Kier alpha value is -0.810. The molecule has 0 saturated heterocycles. The van der Waals surface area contributed by atoms with E-state index >= 15 is 0 Å². The molecule has 3 rings (SSSR count). The highest BCUT2D eigenvalue weighted by molar-refractivity contribution is 7.99. The molecule has 0 radical (unpaired) electrons. The molecule has 2 nitrogen and oxygen atoms in total. The lowest BCUT2D eigenvalue weighted by atomic mass is 10.2. The number of H-pyrrole nitrogens is 1. The van der Waals surface area contributed by atoms with E-state index in [2.05, 4.69) is 16.5 Å². The molecule has 1 saturated carbocycles. The molecule has 0 spiro atoms. The summed E-state index contributed by atoms with van der Waals surface area (Å²) in [7, 11) is 0. The standard InChI is InChI=1S/C14H17FN2S2/c1-2-19-13-5-3-4-11(13)17-12-8-9(15)6-7-10(12)16-14(17)18/h6-8,11,13H,2-5H2,1H3,(H,16,18). The van der Waals surface area contributed by atoms with Crippen molar-refractivity contribution in [1.29, 1.82) is 0 Å². The first-order chi connectivity index (χ1) is 9.20. The van der Waals surface area contributed by atoms with Gasteiger partial charge in [-0.25, -0.2) is 4.39 Å². The van der Waals surface area contributed by atoms with Gasteiger partial charge in [-0.2, -0.15) is 11.8 Å². The van der Waals surface area contributed by atoms with Crippen LogP contribution in [-0.2, 0) is 0 Å². The minimum absolute atomic E-state index is 0.201. The van der Waals surface area contributed by atoms with E-state index in [0.29, 0.717) is 16.1 Å². The molecule has 1 fully saturated rings. The fourth-order valence-electron chi connectivity index (χ4n) is 3.03. The third kappa shape index (κ3) is 2.34. The van der Waals surface area contributed by atoms with Crippen LogP contribution in [0.4, 0.5) is 4.39 Å². The third-order valence-corrected chi connectivity index (χ3v) is 5.42. The summed E-state index contributed by atoms with van der Waals surface area (Å²) in [6.07, 6.45) is 3.59. The van der Waals surface area contributed by atoms with Gasteiger partial charge in [-0.15, -0.1) is 0 Å². The number of thioether (sulfide) groups is 1. The van der Waals surface area contributed by atoms with Crippen LogP contribution < -0.4 is 0 Å². The lowest BCUT2D eigenvalue weighted by Crippen LogP contribution is -2.16. The second-order valence-corrected chi connectivity index (χ2v) is 6.86. The van der Waals surface area contributed by atoms with Crippen molar-refractivity contribution in [2.24, 2.45) is 0 Å². The van der Waals surface area contributed by atoms with Crippen molar-refractivity contribution >= 4 is 35.0 Å². The van der Waals surface area contributed by atoms with E-state index in [0.717, 1.165) is 23.2 Å². The average molecular weight is 296 g/mol. The molecule has 0 bridgehead atoms. The average Bonchev–Trinajstić information content (AvgIpc) is 2.93. The van der Waals surface area contributed by atoms with Crippen molar-refractivity contribution in [2.75, 3.05) is 5.75 Å². The predicted molar refractivity (Wildman–Crippen MR) is 81.9 cm³/mol. The number of aromatic nitrogens is 2. The molecule has 5 heteroatoms. The molecular weight excluding hydrogens is 279 g/mol. The number of hydrogen-bond acceptors (Lipinski definition) is 2. The summed E-state index contributed by atoms with van der Waals surface area (Å²) < 4.78 is 16.3. The summed E-state index contributed by atoms with van der Waals surface area (Å²) >= 11 is 7.44. The minimum atomic E-state index is -0.201. The third-order valence-electron chi connectivity index (χ3n) is 3.81. The van der Waals surface area contributed by atoms with Crippen LogP contribution >= 0.6 is 24.0 Å². The molecule has 1 aliphatic rings. The van der Waals surface area contributed by atoms with Crippen LogP contribution in [0.1, 0.15) is 32.2 Å². The van der Waals surface area contributed by atoms with E-state index in [1.165, 1.54) is 18.9 Å². The Balaban J connectivity index is 2.11. The summed E-state index contributed by atoms with van der Waals surface area (Å²) in [6.45, 7) is 2.19. The zero-order chi connectivity index (χ0) is 13.4. The van der Waals surface area contributed by atoms with Gasteiger partial charge in [0.25, 0.3) is 0 Å². The smallest absolute Gasteiger partial charge is 0.178 e. The van der Waals surface area contributed by atoms with Gasteiger partial charge in [0.1, 0.15) is 5.82 Å². The zero-order valence-electron chi connectivity index (χ0n) is 10.9. The first-order valence-electron chi connectivity index (χ1n) is 6.72. The lowest BCUT2D eigenvalue weighted by molar-refractivity contribution is 0.535. The van der Waals surface area contributed by atoms with Crippen molar-refractivity contribution in [2.45, 2.75) is 37.5 Å². The van der Waals surface area contributed by atoms with Gasteiger partial charge in [-0.05, 0) is 49.0 Å². The van der Waals surface area contributed by atoms with Gasteiger partial charge in [0.2, 0.25) is 0 Å². The van der Waals surface area contributed by atoms with Crippen LogP contribution in [0.25, 0.3) is 11.0 Å². The Bertz CT molecular complexity index is 646. The number of benzene rings is 1. The monoisotopic (exact) mass is 296 g/mol. The van der Waals surface area contributed by atoms with Crippen LogP contribution in [0, 0.1) is 10.6 Å². The molecule has 19 heavy (non-hydrogen) atoms. The van der Waals surface area contributed by atoms with Gasteiger partial charge < -0.3 is 9.55 Å². The second-order valence-electron chi connectivity index (χ2n) is 4.95. The molecule has 0 amide bonds. The Labute approximate surface area is 121 Å². The largest absolute Gasteiger partial charge is 0.331 e. The van der Waals surface area contributed by atoms with E-state index in [1.54, 1.807) is 12.1 Å². The van der Waals surface area contributed by atoms with Crippen LogP contribution in [0.5, 0.6) is 0 Å². The predicted octanol–water partition coefficient (Wildman–Crippen LogP) is 4.68. The second kappa shape index (κ2) is 5.29. The molecule has 0 aliphatic heterocycles. The van der Waals surface area contributed by atoms with E-state index in [1.807, 2.05) is 11.8 Å². The highest BCUT2D eigenvalue weighted by Crippen LogP contribution is 2.40. The van der Waals surface area contributed by atoms with E-state index in [4.69, 9.17) is 12.2 Å². The molecule has 1 aromatic heterocycles. The van der Waals surface area contributed by atoms with Gasteiger partial charge in [-0.3, -0.25) is 0 Å². The van der Waals surface area contributed by atoms with Crippen molar-refractivity contribution in [1.82, 2.24) is 9.55 Å². The summed E-state index contributed by atoms with van der Waals surface area (Å²) in [4.78, 5) is 3.20. The molecule has 102 valence electrons. The summed E-state index contributed by atoms with van der Waals surface area (Å²) in [5.41, 5.74) is 1.83. The first kappa shape index (κ1) is 13.2. The number of halogens is 1. The maximum absolute atomic E-state index is 13.5. The maximum Gasteiger partial charge on any atom is 0.178 e. The Morgan fingerprint density at radius 3 is 3.11 bits per heavy atom. The van der Waals surface area contributed by atoms with Gasteiger partial charge >= 0.3 is 0 Å². The Morgan fingerprint density at radius 1 is 1.47 bits per heavy atom. The minimum Gasteiger partial charge on any atom is -0.331 e. The maximum atomic E-state index is 13.5. The normalized spacial score (nSPS) is 23.3. The molecule has 1 heterocycles. The zero-order valence-corrected chi connectivity index (χ0v) is 12.5. The van der Waals surface area contributed by atoms with Crippen molar-refractivity contribution in [3.05, 3.63) is 28.8 Å². The fourth-order valence-corrected chi connectivity index (χ4v) is 4.62. The quantitative estimate of drug-likeness (QED) is 0.830. The summed E-state index contributed by atoms with van der Waals surface area (Å²) in [5, 5.41) is 0.596. The Morgan fingerprint density at radius 2 is 2.32 bits per heavy atom. The van der Waals surface area contributed by atoms with Crippen LogP contribution in [-0.4, -0.2) is 20.6 Å². The first-order valence-corrected chi connectivity index (χ1v) is 8.17. The fraction of sp³-hybridized carbons (Fsp3) is 0.500. The number of nitrogens with one attached hydrogen (secondary N) is 1. The van der Waals surface area contributed by atoms with Gasteiger partial charge in [0.05, 0.1) is 11.0 Å². The number of nitrogens with zero attached hydrogens (tertiary/aromatic N) is 1. The molecular formula is C14H17FN2S2. The van der Waals surface area contributed by atoms with E-state index < -0.39 is 0 Å². The Kier molecular flexibility index (Phi) is 3.67. The number of imidazole rings is 1. The van der Waals surface area contributed by atoms with Gasteiger partial charge in [0.15, 0.2) is 4.77 Å². The van der Waals surface area contributed by atoms with E-state index in [9.17, 15) is 4.39 Å². The highest BCUT2D eigenvalue weighted by Gasteiger charge is 2.30. The number of fused-ring (bicyclic) bond motifs is 1. The molecule has 1 aromatic carbocycles. The summed E-state index contributed by atoms with van der Waals surface area (Å²) in [5.74, 6) is 0.915. The molecule has 2 atom stereocenters. The van der Waals surface area contributed by atoms with Crippen LogP contribution in [0.2, 0.25) is 0 Å². The van der Waals surface area contributed by atoms with E-state index in [-0.39, 0.29) is 5.82 Å². The lowest BCUT2D eigenvalue weighted by Gasteiger charge is -2.21. The topological polar surface area (TPSA) is 20.7 Å². The molecule has 1 N–H and O–H groups in total. The molecule has 2 unspecified atom stereocenters. The van der Waals surface area contributed by atoms with Crippen LogP contribution in [0.3, 0.4) is 0 Å². The van der Waals surface area contributed by atoms with Gasteiger partial charge in [-0.1, -0.05) is 13.3 Å². The van der Waals surface area contributed by atoms with Crippen molar-refractivity contribution < 1.29 is 4.39 Å². The van der Waals surface area contributed by atoms with Crippen molar-refractivity contribution in [3.63, 3.8) is 0 Å². The van der Waals surface area contributed by atoms with Crippen molar-refractivity contribution in [3.8, 4) is 0 Å². The number of hydrogen-bond donors (Lipinski definition) is 1. The SMILES string of the molecule is CCSC1CCCC1n1c(=S)[nH]c2ccc(F)cc21. The molecule has 1 aliphatic carbocycles. The number of aromatic amines is 1. The van der Waals surface area contributed by atoms with Gasteiger partial charge in [0, 0.05) is 11.3 Å². The molecule has 2 aromatic rings. The summed E-state index contributed by atoms with van der Waals surface area (Å²) in [6, 6.07) is 5.24. The number of rotatable bonds is 3. The van der Waals surface area contributed by atoms with Crippen LogP contribution in [0.15, 0.2) is 18.2 Å². The highest BCUT2D eigenvalue weighted by atomic mass is 32.2.